The van der Waals surface area contributed by atoms with Gasteiger partial charge in [-0.15, -0.1) is 11.3 Å². The van der Waals surface area contributed by atoms with Crippen LogP contribution < -0.4 is 5.32 Å². The fourth-order valence-electron chi connectivity index (χ4n) is 2.38. The van der Waals surface area contributed by atoms with Gasteiger partial charge in [-0.1, -0.05) is 17.7 Å². The molecule has 0 fully saturated rings. The maximum Gasteiger partial charge on any atom is 0.355 e. The van der Waals surface area contributed by atoms with Crippen LogP contribution in [0.15, 0.2) is 17.5 Å². The number of carboxylic acids is 1. The maximum atomic E-state index is 12.1. The fraction of sp³-hybridized carbons (Fsp3) is 0.312. The summed E-state index contributed by atoms with van der Waals surface area (Å²) in [4.78, 5) is 26.8. The Morgan fingerprint density at radius 1 is 1.23 bits per heavy atom. The smallest absolute Gasteiger partial charge is 0.355 e. The molecule has 0 saturated carbocycles. The lowest BCUT2D eigenvalue weighted by Gasteiger charge is -2.11. The lowest BCUT2D eigenvalue weighted by molar-refractivity contribution is -0.120. The summed E-state index contributed by atoms with van der Waals surface area (Å²) >= 11 is 1.23. The van der Waals surface area contributed by atoms with E-state index in [0.717, 1.165) is 16.7 Å². The Bertz CT molecular complexity index is 699. The summed E-state index contributed by atoms with van der Waals surface area (Å²) in [5.41, 5.74) is 4.45. The summed E-state index contributed by atoms with van der Waals surface area (Å²) in [6.07, 6.45) is 0.315. The van der Waals surface area contributed by atoms with Gasteiger partial charge in [-0.3, -0.25) is 4.79 Å². The number of hydrogen-bond donors (Lipinski definition) is 2. The summed E-state index contributed by atoms with van der Waals surface area (Å²) in [5, 5.41) is 13.7. The molecule has 116 valence electrons. The molecule has 0 aliphatic rings. The van der Waals surface area contributed by atoms with E-state index in [2.05, 4.69) is 22.4 Å². The first-order chi connectivity index (χ1) is 10.4. The van der Waals surface area contributed by atoms with E-state index in [1.165, 1.54) is 22.3 Å². The number of benzene rings is 1. The SMILES string of the molecule is Cc1cc(C)c(CC(=O)NCc2nc(C(=O)O)cs2)c(C)c1. The van der Waals surface area contributed by atoms with Gasteiger partial charge in [0.05, 0.1) is 13.0 Å². The molecular formula is C16H18N2O3S. The fourth-order valence-corrected chi connectivity index (χ4v) is 3.08. The van der Waals surface area contributed by atoms with Crippen molar-refractivity contribution < 1.29 is 14.7 Å². The zero-order chi connectivity index (χ0) is 16.3. The van der Waals surface area contributed by atoms with Gasteiger partial charge in [-0.2, -0.15) is 0 Å². The van der Waals surface area contributed by atoms with Crippen LogP contribution in [0.4, 0.5) is 0 Å². The first kappa shape index (κ1) is 16.2. The predicted molar refractivity (Wildman–Crippen MR) is 85.3 cm³/mol. The van der Waals surface area contributed by atoms with Crippen LogP contribution in [0.5, 0.6) is 0 Å². The minimum Gasteiger partial charge on any atom is -0.476 e. The minimum atomic E-state index is -1.06. The third kappa shape index (κ3) is 3.92. The molecule has 0 bridgehead atoms. The second kappa shape index (κ2) is 6.70. The van der Waals surface area contributed by atoms with Crippen LogP contribution in [0, 0.1) is 20.8 Å². The van der Waals surface area contributed by atoms with Crippen LogP contribution in [0.1, 0.15) is 37.7 Å². The Morgan fingerprint density at radius 3 is 2.41 bits per heavy atom. The quantitative estimate of drug-likeness (QED) is 0.888. The molecule has 0 aliphatic carbocycles. The van der Waals surface area contributed by atoms with Gasteiger partial charge in [0.15, 0.2) is 5.69 Å². The summed E-state index contributed by atoms with van der Waals surface area (Å²) in [6, 6.07) is 4.13. The molecule has 1 amide bonds. The molecule has 5 nitrogen and oxygen atoms in total. The van der Waals surface area contributed by atoms with Gasteiger partial charge >= 0.3 is 5.97 Å². The number of rotatable bonds is 5. The Labute approximate surface area is 133 Å². The van der Waals surface area contributed by atoms with E-state index in [1.54, 1.807) is 0 Å². The number of aromatic carboxylic acids is 1. The molecule has 1 aromatic carbocycles. The number of carbonyl (C=O) groups is 2. The topological polar surface area (TPSA) is 79.3 Å². The van der Waals surface area contributed by atoms with E-state index in [1.807, 2.05) is 20.8 Å². The molecule has 0 saturated heterocycles. The Morgan fingerprint density at radius 2 is 1.86 bits per heavy atom. The van der Waals surface area contributed by atoms with Crippen molar-refractivity contribution in [3.8, 4) is 0 Å². The summed E-state index contributed by atoms with van der Waals surface area (Å²) in [6.45, 7) is 6.29. The third-order valence-corrected chi connectivity index (χ3v) is 4.23. The van der Waals surface area contributed by atoms with Gasteiger partial charge in [0.1, 0.15) is 5.01 Å². The first-order valence-electron chi connectivity index (χ1n) is 6.88. The highest BCUT2D eigenvalue weighted by Crippen LogP contribution is 2.17. The summed E-state index contributed by atoms with van der Waals surface area (Å²) in [5.74, 6) is -1.15. The van der Waals surface area contributed by atoms with Crippen molar-refractivity contribution in [2.75, 3.05) is 0 Å². The van der Waals surface area contributed by atoms with E-state index in [0.29, 0.717) is 11.4 Å². The van der Waals surface area contributed by atoms with Crippen LogP contribution in [-0.2, 0) is 17.8 Å². The van der Waals surface area contributed by atoms with E-state index in [4.69, 9.17) is 5.11 Å². The zero-order valence-electron chi connectivity index (χ0n) is 12.8. The van der Waals surface area contributed by atoms with Gasteiger partial charge in [0.25, 0.3) is 0 Å². The number of carbonyl (C=O) groups excluding carboxylic acids is 1. The molecule has 6 heteroatoms. The van der Waals surface area contributed by atoms with E-state index < -0.39 is 5.97 Å². The highest BCUT2D eigenvalue weighted by molar-refractivity contribution is 7.09. The number of hydrogen-bond acceptors (Lipinski definition) is 4. The van der Waals surface area contributed by atoms with Crippen LogP contribution >= 0.6 is 11.3 Å². The largest absolute Gasteiger partial charge is 0.476 e. The standard InChI is InChI=1S/C16H18N2O3S/c1-9-4-10(2)12(11(3)5-9)6-14(19)17-7-15-18-13(8-22-15)16(20)21/h4-5,8H,6-7H2,1-3H3,(H,17,19)(H,20,21). The van der Waals surface area contributed by atoms with Crippen molar-refractivity contribution in [1.82, 2.24) is 10.3 Å². The molecule has 0 unspecified atom stereocenters. The number of amides is 1. The molecule has 2 rings (SSSR count). The third-order valence-electron chi connectivity index (χ3n) is 3.39. The number of thiazole rings is 1. The molecule has 0 atom stereocenters. The number of nitrogens with one attached hydrogen (secondary N) is 1. The van der Waals surface area contributed by atoms with Crippen LogP contribution in [0.25, 0.3) is 0 Å². The van der Waals surface area contributed by atoms with Gasteiger partial charge in [0, 0.05) is 5.38 Å². The average molecular weight is 318 g/mol. The molecule has 22 heavy (non-hydrogen) atoms. The van der Waals surface area contributed by atoms with Crippen molar-refractivity contribution in [2.45, 2.75) is 33.7 Å². The van der Waals surface area contributed by atoms with Crippen molar-refractivity contribution >= 4 is 23.2 Å². The Kier molecular flexibility index (Phi) is 4.92. The van der Waals surface area contributed by atoms with Crippen LogP contribution in [0.2, 0.25) is 0 Å². The molecule has 1 heterocycles. The maximum absolute atomic E-state index is 12.1. The molecule has 0 radical (unpaired) electrons. The minimum absolute atomic E-state index is 0.0134. The zero-order valence-corrected chi connectivity index (χ0v) is 13.6. The van der Waals surface area contributed by atoms with Crippen molar-refractivity contribution in [2.24, 2.45) is 0 Å². The Balaban J connectivity index is 1.97. The predicted octanol–water partition coefficient (Wildman–Crippen LogP) is 2.63. The summed E-state index contributed by atoms with van der Waals surface area (Å²) in [7, 11) is 0. The van der Waals surface area contributed by atoms with Crippen LogP contribution in [-0.4, -0.2) is 22.0 Å². The van der Waals surface area contributed by atoms with E-state index >= 15 is 0 Å². The average Bonchev–Trinajstić information content (AvgIpc) is 2.89. The highest BCUT2D eigenvalue weighted by Gasteiger charge is 2.12. The second-order valence-corrected chi connectivity index (χ2v) is 6.21. The van der Waals surface area contributed by atoms with Crippen LogP contribution in [0.3, 0.4) is 0 Å². The van der Waals surface area contributed by atoms with Gasteiger partial charge < -0.3 is 10.4 Å². The molecule has 0 spiro atoms. The molecule has 2 aromatic rings. The monoisotopic (exact) mass is 318 g/mol. The molecule has 1 aromatic heterocycles. The highest BCUT2D eigenvalue weighted by atomic mass is 32.1. The van der Waals surface area contributed by atoms with E-state index in [9.17, 15) is 9.59 Å². The lowest BCUT2D eigenvalue weighted by atomic mass is 9.97. The first-order valence-corrected chi connectivity index (χ1v) is 7.76. The van der Waals surface area contributed by atoms with Crippen molar-refractivity contribution in [3.05, 3.63) is 50.5 Å². The number of carboxylic acid groups (broad SMARTS) is 1. The number of aromatic nitrogens is 1. The van der Waals surface area contributed by atoms with E-state index in [-0.39, 0.29) is 18.1 Å². The lowest BCUT2D eigenvalue weighted by Crippen LogP contribution is -2.25. The van der Waals surface area contributed by atoms with Gasteiger partial charge in [-0.25, -0.2) is 9.78 Å². The molecular weight excluding hydrogens is 300 g/mol. The molecule has 0 aliphatic heterocycles. The normalized spacial score (nSPS) is 10.5. The summed E-state index contributed by atoms with van der Waals surface area (Å²) < 4.78 is 0. The molecule has 2 N–H and O–H groups in total. The number of nitrogens with zero attached hydrogens (tertiary/aromatic N) is 1. The van der Waals surface area contributed by atoms with Crippen molar-refractivity contribution in [1.29, 1.82) is 0 Å². The number of aryl methyl sites for hydroxylation is 3. The Hall–Kier alpha value is -2.21. The van der Waals surface area contributed by atoms with Crippen molar-refractivity contribution in [3.63, 3.8) is 0 Å². The second-order valence-electron chi connectivity index (χ2n) is 5.26. The van der Waals surface area contributed by atoms with Gasteiger partial charge in [0.2, 0.25) is 5.91 Å². The van der Waals surface area contributed by atoms with Gasteiger partial charge in [-0.05, 0) is 37.5 Å².